The van der Waals surface area contributed by atoms with Gasteiger partial charge in [0, 0.05) is 9.86 Å². The lowest BCUT2D eigenvalue weighted by Gasteiger charge is -1.88. The van der Waals surface area contributed by atoms with E-state index in [0.717, 1.165) is 15.4 Å². The fourth-order valence-electron chi connectivity index (χ4n) is 1.21. The molecule has 2 nitrogen and oxygen atoms in total. The summed E-state index contributed by atoms with van der Waals surface area (Å²) in [6, 6.07) is 7.43. The molecule has 0 spiro atoms. The van der Waals surface area contributed by atoms with Crippen molar-refractivity contribution < 1.29 is 9.21 Å². The number of carbonyl (C=O) groups excluding carboxylic acids is 1. The molecule has 0 atom stereocenters. The van der Waals surface area contributed by atoms with Crippen LogP contribution in [-0.4, -0.2) is 11.1 Å². The molecule has 0 bridgehead atoms. The highest BCUT2D eigenvalue weighted by Gasteiger charge is 2.10. The molecule has 0 radical (unpaired) electrons. The van der Waals surface area contributed by atoms with Gasteiger partial charge >= 0.3 is 0 Å². The minimum Gasteiger partial charge on any atom is -0.453 e. The van der Waals surface area contributed by atoms with E-state index in [2.05, 4.69) is 31.9 Å². The SMILES string of the molecule is O=C(CBr)c1cc2ccc(Br)cc2o1. The van der Waals surface area contributed by atoms with Gasteiger partial charge in [0.25, 0.3) is 0 Å². The minimum absolute atomic E-state index is 0.0441. The second-order valence-corrected chi connectivity index (χ2v) is 4.33. The van der Waals surface area contributed by atoms with Crippen molar-refractivity contribution in [3.8, 4) is 0 Å². The van der Waals surface area contributed by atoms with Gasteiger partial charge in [0.2, 0.25) is 5.78 Å². The van der Waals surface area contributed by atoms with Gasteiger partial charge in [-0.05, 0) is 24.3 Å². The van der Waals surface area contributed by atoms with Crippen LogP contribution in [0.1, 0.15) is 10.6 Å². The summed E-state index contributed by atoms with van der Waals surface area (Å²) in [7, 11) is 0. The molecule has 4 heteroatoms. The van der Waals surface area contributed by atoms with Gasteiger partial charge in [-0.15, -0.1) is 0 Å². The number of furan rings is 1. The van der Waals surface area contributed by atoms with E-state index in [4.69, 9.17) is 4.42 Å². The van der Waals surface area contributed by atoms with Crippen LogP contribution in [0.2, 0.25) is 0 Å². The molecule has 0 aliphatic carbocycles. The molecular formula is C10H6Br2O2. The molecule has 0 saturated carbocycles. The van der Waals surface area contributed by atoms with Crippen LogP contribution in [0.5, 0.6) is 0 Å². The molecule has 0 aliphatic heterocycles. The Bertz CT molecular complexity index is 488. The van der Waals surface area contributed by atoms with Crippen LogP contribution in [0.25, 0.3) is 11.0 Å². The quantitative estimate of drug-likeness (QED) is 0.623. The number of hydrogen-bond acceptors (Lipinski definition) is 2. The van der Waals surface area contributed by atoms with Gasteiger partial charge in [0.15, 0.2) is 5.76 Å². The fraction of sp³-hybridized carbons (Fsp3) is 0.100. The molecule has 14 heavy (non-hydrogen) atoms. The molecule has 0 N–H and O–H groups in total. The van der Waals surface area contributed by atoms with E-state index in [1.807, 2.05) is 18.2 Å². The minimum atomic E-state index is -0.0441. The predicted octanol–water partition coefficient (Wildman–Crippen LogP) is 3.77. The summed E-state index contributed by atoms with van der Waals surface area (Å²) in [5.41, 5.74) is 0.726. The highest BCUT2D eigenvalue weighted by molar-refractivity contribution is 9.10. The first kappa shape index (κ1) is 9.93. The standard InChI is InChI=1S/C10H6Br2O2/c11-5-8(13)10-3-6-1-2-7(12)4-9(6)14-10/h1-4H,5H2. The molecule has 0 unspecified atom stereocenters. The smallest absolute Gasteiger partial charge is 0.208 e. The predicted molar refractivity (Wildman–Crippen MR) is 62.0 cm³/mol. The maximum atomic E-state index is 11.3. The van der Waals surface area contributed by atoms with Gasteiger partial charge in [0.1, 0.15) is 5.58 Å². The summed E-state index contributed by atoms with van der Waals surface area (Å²) in [5.74, 6) is 0.354. The summed E-state index contributed by atoms with van der Waals surface area (Å²) >= 11 is 6.45. The number of carbonyl (C=O) groups is 1. The molecule has 2 aromatic rings. The van der Waals surface area contributed by atoms with Crippen molar-refractivity contribution in [3.05, 3.63) is 34.5 Å². The van der Waals surface area contributed by atoms with Gasteiger partial charge in [-0.2, -0.15) is 0 Å². The van der Waals surface area contributed by atoms with Gasteiger partial charge in [-0.25, -0.2) is 0 Å². The summed E-state index contributed by atoms with van der Waals surface area (Å²) in [6.45, 7) is 0. The number of Topliss-reactive ketones (excluding diaryl/α,β-unsaturated/α-hetero) is 1. The Morgan fingerprint density at radius 3 is 2.86 bits per heavy atom. The second-order valence-electron chi connectivity index (χ2n) is 2.85. The normalized spacial score (nSPS) is 10.7. The Kier molecular flexibility index (Phi) is 2.74. The molecule has 1 aromatic carbocycles. The Labute approximate surface area is 97.5 Å². The topological polar surface area (TPSA) is 30.2 Å². The summed E-state index contributed by atoms with van der Waals surface area (Å²) in [4.78, 5) is 11.3. The van der Waals surface area contributed by atoms with Crippen LogP contribution in [0.3, 0.4) is 0 Å². The van der Waals surface area contributed by atoms with E-state index in [0.29, 0.717) is 5.76 Å². The molecule has 2 rings (SSSR count). The Morgan fingerprint density at radius 1 is 1.36 bits per heavy atom. The summed E-state index contributed by atoms with van der Waals surface area (Å²) in [6.07, 6.45) is 0. The summed E-state index contributed by atoms with van der Waals surface area (Å²) < 4.78 is 6.33. The number of fused-ring (bicyclic) bond motifs is 1. The zero-order valence-corrected chi connectivity index (χ0v) is 10.3. The molecule has 1 heterocycles. The van der Waals surface area contributed by atoms with Crippen molar-refractivity contribution in [2.75, 3.05) is 5.33 Å². The van der Waals surface area contributed by atoms with E-state index in [9.17, 15) is 4.79 Å². The third-order valence-corrected chi connectivity index (χ3v) is 2.88. The Morgan fingerprint density at radius 2 is 2.14 bits per heavy atom. The van der Waals surface area contributed by atoms with Crippen LogP contribution >= 0.6 is 31.9 Å². The van der Waals surface area contributed by atoms with Gasteiger partial charge in [-0.3, -0.25) is 4.79 Å². The zero-order valence-electron chi connectivity index (χ0n) is 7.09. The van der Waals surface area contributed by atoms with E-state index in [1.54, 1.807) is 6.07 Å². The number of rotatable bonds is 2. The van der Waals surface area contributed by atoms with E-state index in [-0.39, 0.29) is 11.1 Å². The third kappa shape index (κ3) is 1.77. The molecule has 0 fully saturated rings. The highest BCUT2D eigenvalue weighted by atomic mass is 79.9. The molecule has 1 aromatic heterocycles. The van der Waals surface area contributed by atoms with Gasteiger partial charge in [-0.1, -0.05) is 31.9 Å². The lowest BCUT2D eigenvalue weighted by Crippen LogP contribution is -1.96. The van der Waals surface area contributed by atoms with Crippen LogP contribution < -0.4 is 0 Å². The van der Waals surface area contributed by atoms with Gasteiger partial charge in [0.05, 0.1) is 5.33 Å². The Hall–Kier alpha value is -0.610. The second kappa shape index (κ2) is 3.87. The summed E-state index contributed by atoms with van der Waals surface area (Å²) in [5, 5.41) is 1.23. The first-order chi connectivity index (χ1) is 6.70. The average Bonchev–Trinajstić information content (AvgIpc) is 2.59. The average molecular weight is 318 g/mol. The van der Waals surface area contributed by atoms with E-state index < -0.39 is 0 Å². The van der Waals surface area contributed by atoms with Crippen LogP contribution in [0.15, 0.2) is 33.2 Å². The van der Waals surface area contributed by atoms with Crippen molar-refractivity contribution in [3.63, 3.8) is 0 Å². The number of hydrogen-bond donors (Lipinski definition) is 0. The number of ketones is 1. The van der Waals surface area contributed by atoms with E-state index in [1.165, 1.54) is 0 Å². The number of alkyl halides is 1. The van der Waals surface area contributed by atoms with Crippen molar-refractivity contribution in [1.82, 2.24) is 0 Å². The van der Waals surface area contributed by atoms with Crippen molar-refractivity contribution in [2.45, 2.75) is 0 Å². The molecule has 0 amide bonds. The largest absolute Gasteiger partial charge is 0.453 e. The lowest BCUT2D eigenvalue weighted by atomic mass is 10.2. The molecule has 0 aliphatic rings. The Balaban J connectivity index is 2.56. The lowest BCUT2D eigenvalue weighted by molar-refractivity contribution is 0.0995. The number of benzene rings is 1. The maximum absolute atomic E-state index is 11.3. The van der Waals surface area contributed by atoms with Crippen LogP contribution in [-0.2, 0) is 0 Å². The van der Waals surface area contributed by atoms with Crippen LogP contribution in [0, 0.1) is 0 Å². The van der Waals surface area contributed by atoms with Gasteiger partial charge < -0.3 is 4.42 Å². The van der Waals surface area contributed by atoms with Crippen molar-refractivity contribution in [2.24, 2.45) is 0 Å². The third-order valence-electron chi connectivity index (χ3n) is 1.88. The first-order valence-corrected chi connectivity index (χ1v) is 5.90. The molecule has 72 valence electrons. The highest BCUT2D eigenvalue weighted by Crippen LogP contribution is 2.23. The molecular weight excluding hydrogens is 312 g/mol. The maximum Gasteiger partial charge on any atom is 0.208 e. The fourth-order valence-corrected chi connectivity index (χ4v) is 1.82. The monoisotopic (exact) mass is 316 g/mol. The van der Waals surface area contributed by atoms with Crippen molar-refractivity contribution in [1.29, 1.82) is 0 Å². The van der Waals surface area contributed by atoms with Crippen molar-refractivity contribution >= 4 is 48.6 Å². The number of halogens is 2. The first-order valence-electron chi connectivity index (χ1n) is 3.99. The molecule has 0 saturated heterocycles. The van der Waals surface area contributed by atoms with E-state index >= 15 is 0 Å². The van der Waals surface area contributed by atoms with Crippen LogP contribution in [0.4, 0.5) is 0 Å². The zero-order chi connectivity index (χ0) is 10.1.